The highest BCUT2D eigenvalue weighted by atomic mass is 35.5. The van der Waals surface area contributed by atoms with Crippen molar-refractivity contribution in [3.8, 4) is 11.5 Å². The first kappa shape index (κ1) is 14.6. The molecule has 0 saturated carbocycles. The lowest BCUT2D eigenvalue weighted by molar-refractivity contribution is -0.126. The highest BCUT2D eigenvalue weighted by Crippen LogP contribution is 2.40. The first-order valence-corrected chi connectivity index (χ1v) is 7.13. The van der Waals surface area contributed by atoms with Gasteiger partial charge in [-0.3, -0.25) is 19.7 Å². The predicted molar refractivity (Wildman–Crippen MR) is 75.8 cm³/mol. The van der Waals surface area contributed by atoms with Gasteiger partial charge >= 0.3 is 0 Å². The zero-order chi connectivity index (χ0) is 15.9. The van der Waals surface area contributed by atoms with Crippen LogP contribution in [0.25, 0.3) is 0 Å². The molecule has 2 aliphatic rings. The van der Waals surface area contributed by atoms with Crippen molar-refractivity contribution in [2.24, 2.45) is 0 Å². The zero-order valence-electron chi connectivity index (χ0n) is 11.7. The molecule has 116 valence electrons. The second kappa shape index (κ2) is 5.49. The Kier molecular flexibility index (Phi) is 3.66. The highest BCUT2D eigenvalue weighted by Gasteiger charge is 2.37. The summed E-state index contributed by atoms with van der Waals surface area (Å²) in [5, 5.41) is 2.46. The molecule has 1 aromatic carbocycles. The maximum atomic E-state index is 12.6. The molecule has 3 amide bonds. The second-order valence-electron chi connectivity index (χ2n) is 4.92. The van der Waals surface area contributed by atoms with Gasteiger partial charge in [0.2, 0.25) is 18.6 Å². The summed E-state index contributed by atoms with van der Waals surface area (Å²) in [5.74, 6) is -0.455. The van der Waals surface area contributed by atoms with Gasteiger partial charge in [-0.15, -0.1) is 0 Å². The molecule has 2 heterocycles. The number of carbonyl (C=O) groups excluding carboxylic acids is 3. The highest BCUT2D eigenvalue weighted by molar-refractivity contribution is 6.32. The van der Waals surface area contributed by atoms with Crippen molar-refractivity contribution in [3.05, 3.63) is 22.7 Å². The SMILES string of the molecule is CCN(C(=O)c1cc(Cl)c2c(c1)OCO2)[C@H]1CC(=O)NC1=O. The Morgan fingerprint density at radius 1 is 1.41 bits per heavy atom. The van der Waals surface area contributed by atoms with Crippen LogP contribution in [0.15, 0.2) is 12.1 Å². The van der Waals surface area contributed by atoms with Crippen molar-refractivity contribution < 1.29 is 23.9 Å². The van der Waals surface area contributed by atoms with Crippen molar-refractivity contribution in [1.82, 2.24) is 10.2 Å². The molecule has 0 spiro atoms. The van der Waals surface area contributed by atoms with Gasteiger partial charge in [0, 0.05) is 12.1 Å². The summed E-state index contributed by atoms with van der Waals surface area (Å²) >= 11 is 6.07. The number of nitrogens with one attached hydrogen (secondary N) is 1. The van der Waals surface area contributed by atoms with Crippen LogP contribution in [0.4, 0.5) is 0 Å². The predicted octanol–water partition coefficient (Wildman–Crippen LogP) is 0.946. The van der Waals surface area contributed by atoms with Gasteiger partial charge in [-0.2, -0.15) is 0 Å². The van der Waals surface area contributed by atoms with Gasteiger partial charge in [0.25, 0.3) is 5.91 Å². The van der Waals surface area contributed by atoms with Crippen LogP contribution >= 0.6 is 11.6 Å². The fraction of sp³-hybridized carbons (Fsp3) is 0.357. The number of hydrogen-bond acceptors (Lipinski definition) is 5. The molecular formula is C14H13ClN2O5. The van der Waals surface area contributed by atoms with E-state index in [2.05, 4.69) is 5.32 Å². The molecule has 22 heavy (non-hydrogen) atoms. The summed E-state index contributed by atoms with van der Waals surface area (Å²) in [5.41, 5.74) is 0.281. The minimum Gasteiger partial charge on any atom is -0.454 e. The molecule has 1 saturated heterocycles. The van der Waals surface area contributed by atoms with E-state index >= 15 is 0 Å². The molecule has 3 rings (SSSR count). The van der Waals surface area contributed by atoms with Gasteiger partial charge in [-0.05, 0) is 19.1 Å². The average Bonchev–Trinajstić information content (AvgIpc) is 3.06. The Balaban J connectivity index is 1.90. The molecule has 0 radical (unpaired) electrons. The maximum absolute atomic E-state index is 12.6. The van der Waals surface area contributed by atoms with Gasteiger partial charge in [0.05, 0.1) is 11.4 Å². The monoisotopic (exact) mass is 324 g/mol. The molecule has 7 nitrogen and oxygen atoms in total. The normalized spacial score (nSPS) is 19.3. The van der Waals surface area contributed by atoms with Crippen molar-refractivity contribution in [1.29, 1.82) is 0 Å². The number of likely N-dealkylation sites (N-methyl/N-ethyl adjacent to an activating group) is 1. The number of nitrogens with zero attached hydrogens (tertiary/aromatic N) is 1. The Labute approximate surface area is 131 Å². The Morgan fingerprint density at radius 3 is 2.82 bits per heavy atom. The minimum absolute atomic E-state index is 0.0311. The number of fused-ring (bicyclic) bond motifs is 1. The number of halogens is 1. The van der Waals surface area contributed by atoms with Crippen LogP contribution in [0.1, 0.15) is 23.7 Å². The van der Waals surface area contributed by atoms with E-state index < -0.39 is 17.9 Å². The van der Waals surface area contributed by atoms with E-state index in [0.717, 1.165) is 0 Å². The minimum atomic E-state index is -0.797. The van der Waals surface area contributed by atoms with Crippen LogP contribution in [-0.2, 0) is 9.59 Å². The zero-order valence-corrected chi connectivity index (χ0v) is 12.5. The number of imide groups is 1. The van der Waals surface area contributed by atoms with Crippen molar-refractivity contribution in [3.63, 3.8) is 0 Å². The molecule has 8 heteroatoms. The van der Waals surface area contributed by atoms with Gasteiger partial charge in [-0.1, -0.05) is 11.6 Å². The average molecular weight is 325 g/mol. The van der Waals surface area contributed by atoms with Crippen LogP contribution in [0.5, 0.6) is 11.5 Å². The number of hydrogen-bond donors (Lipinski definition) is 1. The molecule has 0 unspecified atom stereocenters. The molecule has 0 aliphatic carbocycles. The van der Waals surface area contributed by atoms with Crippen LogP contribution < -0.4 is 14.8 Å². The van der Waals surface area contributed by atoms with Gasteiger partial charge in [-0.25, -0.2) is 0 Å². The molecule has 1 atom stereocenters. The second-order valence-corrected chi connectivity index (χ2v) is 5.32. The molecular weight excluding hydrogens is 312 g/mol. The first-order valence-electron chi connectivity index (χ1n) is 6.75. The van der Waals surface area contributed by atoms with E-state index in [1.165, 1.54) is 17.0 Å². The van der Waals surface area contributed by atoms with Crippen molar-refractivity contribution in [2.75, 3.05) is 13.3 Å². The summed E-state index contributed by atoms with van der Waals surface area (Å²) in [4.78, 5) is 37.1. The number of ether oxygens (including phenoxy) is 2. The Morgan fingerprint density at radius 2 is 2.18 bits per heavy atom. The van der Waals surface area contributed by atoms with Crippen LogP contribution in [0.2, 0.25) is 5.02 Å². The quantitative estimate of drug-likeness (QED) is 0.837. The largest absolute Gasteiger partial charge is 0.454 e. The van der Waals surface area contributed by atoms with E-state index in [9.17, 15) is 14.4 Å². The molecule has 0 bridgehead atoms. The molecule has 2 aliphatic heterocycles. The van der Waals surface area contributed by atoms with Crippen LogP contribution in [-0.4, -0.2) is 42.0 Å². The maximum Gasteiger partial charge on any atom is 0.254 e. The number of benzene rings is 1. The van der Waals surface area contributed by atoms with E-state index in [1.54, 1.807) is 6.92 Å². The van der Waals surface area contributed by atoms with Crippen LogP contribution in [0.3, 0.4) is 0 Å². The Bertz CT molecular complexity index is 675. The number of amides is 3. The molecule has 1 N–H and O–H groups in total. The van der Waals surface area contributed by atoms with E-state index in [0.29, 0.717) is 11.5 Å². The smallest absolute Gasteiger partial charge is 0.254 e. The summed E-state index contributed by atoms with van der Waals surface area (Å²) in [7, 11) is 0. The molecule has 1 aromatic rings. The first-order chi connectivity index (χ1) is 10.5. The lowest BCUT2D eigenvalue weighted by Gasteiger charge is -2.25. The molecule has 1 fully saturated rings. The third kappa shape index (κ3) is 2.37. The summed E-state index contributed by atoms with van der Waals surface area (Å²) < 4.78 is 10.4. The van der Waals surface area contributed by atoms with Crippen molar-refractivity contribution >= 4 is 29.3 Å². The topological polar surface area (TPSA) is 84.9 Å². The lowest BCUT2D eigenvalue weighted by atomic mass is 10.1. The van der Waals surface area contributed by atoms with Gasteiger partial charge in [0.1, 0.15) is 6.04 Å². The van der Waals surface area contributed by atoms with E-state index in [4.69, 9.17) is 21.1 Å². The summed E-state index contributed by atoms with van der Waals surface area (Å²) in [6, 6.07) is 2.19. The molecule has 0 aromatic heterocycles. The third-order valence-electron chi connectivity index (χ3n) is 3.60. The third-order valence-corrected chi connectivity index (χ3v) is 3.88. The number of rotatable bonds is 3. The fourth-order valence-electron chi connectivity index (χ4n) is 2.55. The standard InChI is InChI=1S/C14H13ClN2O5/c1-2-17(9-5-11(18)16-13(9)19)14(20)7-3-8(15)12-10(4-7)21-6-22-12/h3-4,9H,2,5-6H2,1H3,(H,16,18,19)/t9-/m0/s1. The number of carbonyl (C=O) groups is 3. The van der Waals surface area contributed by atoms with E-state index in [-0.39, 0.29) is 36.3 Å². The van der Waals surface area contributed by atoms with Gasteiger partial charge < -0.3 is 14.4 Å². The van der Waals surface area contributed by atoms with Crippen molar-refractivity contribution in [2.45, 2.75) is 19.4 Å². The Hall–Kier alpha value is -2.28. The van der Waals surface area contributed by atoms with E-state index in [1.807, 2.05) is 0 Å². The van der Waals surface area contributed by atoms with Crippen LogP contribution in [0, 0.1) is 0 Å². The lowest BCUT2D eigenvalue weighted by Crippen LogP contribution is -2.44. The summed E-state index contributed by atoms with van der Waals surface area (Å²) in [6.07, 6.45) is -0.0311. The fourth-order valence-corrected chi connectivity index (χ4v) is 2.82. The summed E-state index contributed by atoms with van der Waals surface area (Å²) in [6.45, 7) is 2.07. The van der Waals surface area contributed by atoms with Gasteiger partial charge in [0.15, 0.2) is 11.5 Å².